The lowest BCUT2D eigenvalue weighted by Gasteiger charge is -2.41. The first-order valence-electron chi connectivity index (χ1n) is 9.27. The summed E-state index contributed by atoms with van der Waals surface area (Å²) in [6.45, 7) is 6.77. The zero-order valence-electron chi connectivity index (χ0n) is 15.6. The van der Waals surface area contributed by atoms with Crippen molar-refractivity contribution in [2.24, 2.45) is 0 Å². The van der Waals surface area contributed by atoms with E-state index in [9.17, 15) is 4.79 Å². The summed E-state index contributed by atoms with van der Waals surface area (Å²) >= 11 is 0. The predicted molar refractivity (Wildman–Crippen MR) is 102 cm³/mol. The van der Waals surface area contributed by atoms with Gasteiger partial charge in [-0.3, -0.25) is 0 Å². The van der Waals surface area contributed by atoms with Crippen molar-refractivity contribution in [3.05, 3.63) is 59.8 Å². The zero-order chi connectivity index (χ0) is 18.4. The van der Waals surface area contributed by atoms with Crippen LogP contribution in [-0.4, -0.2) is 35.6 Å². The van der Waals surface area contributed by atoms with E-state index in [1.54, 1.807) is 6.20 Å². The topological polar surface area (TPSA) is 54.5 Å². The number of urea groups is 1. The van der Waals surface area contributed by atoms with Gasteiger partial charge in [-0.25, -0.2) is 9.78 Å². The Hall–Kier alpha value is -2.56. The summed E-state index contributed by atoms with van der Waals surface area (Å²) < 4.78 is 5.41. The summed E-state index contributed by atoms with van der Waals surface area (Å²) in [5, 5.41) is 3.03. The monoisotopic (exact) mass is 353 g/mol. The molecular formula is C21H27N3O2. The molecule has 3 rings (SSSR count). The third kappa shape index (κ3) is 4.34. The lowest BCUT2D eigenvalue weighted by molar-refractivity contribution is 0.155. The van der Waals surface area contributed by atoms with Crippen LogP contribution >= 0.6 is 0 Å². The Bertz CT molecular complexity index is 735. The molecule has 1 fully saturated rings. The normalized spacial score (nSPS) is 19.8. The quantitative estimate of drug-likeness (QED) is 0.891. The molecule has 1 atom stereocenters. The molecule has 0 saturated carbocycles. The van der Waals surface area contributed by atoms with Gasteiger partial charge in [0.05, 0.1) is 6.61 Å². The average molecular weight is 353 g/mol. The number of pyridine rings is 1. The van der Waals surface area contributed by atoms with Gasteiger partial charge in [0.15, 0.2) is 0 Å². The van der Waals surface area contributed by atoms with Crippen molar-refractivity contribution in [1.29, 1.82) is 0 Å². The highest BCUT2D eigenvalue weighted by atomic mass is 16.5. The van der Waals surface area contributed by atoms with Crippen LogP contribution in [0.2, 0.25) is 0 Å². The van der Waals surface area contributed by atoms with Crippen LogP contribution in [-0.2, 0) is 12.0 Å². The van der Waals surface area contributed by atoms with E-state index in [2.05, 4.69) is 41.5 Å². The number of carbonyl (C=O) groups excluding carboxylic acids is 1. The van der Waals surface area contributed by atoms with E-state index in [1.807, 2.05) is 30.0 Å². The van der Waals surface area contributed by atoms with Gasteiger partial charge in [0, 0.05) is 37.3 Å². The van der Waals surface area contributed by atoms with Crippen LogP contribution in [0.4, 0.5) is 4.79 Å². The maximum Gasteiger partial charge on any atom is 0.317 e. The molecule has 1 unspecified atom stereocenters. The summed E-state index contributed by atoms with van der Waals surface area (Å²) in [6.07, 6.45) is 3.82. The highest BCUT2D eigenvalue weighted by molar-refractivity contribution is 5.74. The fraction of sp³-hybridized carbons (Fsp3) is 0.429. The van der Waals surface area contributed by atoms with Crippen LogP contribution in [0.1, 0.15) is 37.8 Å². The molecular weight excluding hydrogens is 326 g/mol. The lowest BCUT2D eigenvalue weighted by atomic mass is 9.76. The van der Waals surface area contributed by atoms with Crippen LogP contribution in [0, 0.1) is 0 Å². The number of nitrogens with one attached hydrogen (secondary N) is 1. The molecule has 1 aromatic carbocycles. The lowest BCUT2D eigenvalue weighted by Crippen LogP contribution is -2.50. The maximum atomic E-state index is 12.7. The van der Waals surface area contributed by atoms with E-state index in [-0.39, 0.29) is 11.4 Å². The standard InChI is InChI=1S/C21H27N3O2/c1-3-26-19-14-17(10-12-22-19)15-23-20(25)24-13-7-11-21(2,16-24)18-8-5-4-6-9-18/h4-6,8-10,12,14H,3,7,11,13,15-16H2,1-2H3,(H,23,25). The molecule has 5 heteroatoms. The van der Waals surface area contributed by atoms with Gasteiger partial charge >= 0.3 is 6.03 Å². The van der Waals surface area contributed by atoms with Crippen molar-refractivity contribution in [2.75, 3.05) is 19.7 Å². The predicted octanol–water partition coefficient (Wildman–Crippen LogP) is 3.74. The number of amides is 2. The van der Waals surface area contributed by atoms with Gasteiger partial charge in [0.1, 0.15) is 0 Å². The van der Waals surface area contributed by atoms with Gasteiger partial charge in [-0.1, -0.05) is 37.3 Å². The van der Waals surface area contributed by atoms with E-state index in [0.717, 1.165) is 31.5 Å². The highest BCUT2D eigenvalue weighted by Crippen LogP contribution is 2.33. The number of ether oxygens (including phenoxy) is 1. The molecule has 0 aliphatic carbocycles. The number of benzene rings is 1. The maximum absolute atomic E-state index is 12.7. The number of rotatable bonds is 5. The molecule has 26 heavy (non-hydrogen) atoms. The molecule has 1 N–H and O–H groups in total. The van der Waals surface area contributed by atoms with Crippen molar-refractivity contribution in [3.8, 4) is 5.88 Å². The van der Waals surface area contributed by atoms with Crippen LogP contribution in [0.3, 0.4) is 0 Å². The van der Waals surface area contributed by atoms with E-state index < -0.39 is 0 Å². The molecule has 138 valence electrons. The van der Waals surface area contributed by atoms with E-state index in [1.165, 1.54) is 5.56 Å². The van der Waals surface area contributed by atoms with Crippen molar-refractivity contribution < 1.29 is 9.53 Å². The molecule has 1 aliphatic rings. The summed E-state index contributed by atoms with van der Waals surface area (Å²) in [7, 11) is 0. The average Bonchev–Trinajstić information content (AvgIpc) is 2.67. The molecule has 1 saturated heterocycles. The number of hydrogen-bond donors (Lipinski definition) is 1. The minimum Gasteiger partial charge on any atom is -0.478 e. The molecule has 2 amide bonds. The third-order valence-electron chi connectivity index (χ3n) is 4.99. The number of piperidine rings is 1. The Morgan fingerprint density at radius 1 is 1.31 bits per heavy atom. The zero-order valence-corrected chi connectivity index (χ0v) is 15.6. The molecule has 2 aromatic rings. The van der Waals surface area contributed by atoms with E-state index >= 15 is 0 Å². The number of aromatic nitrogens is 1. The van der Waals surface area contributed by atoms with E-state index in [0.29, 0.717) is 19.0 Å². The van der Waals surface area contributed by atoms with Crippen LogP contribution < -0.4 is 10.1 Å². The first-order valence-corrected chi connectivity index (χ1v) is 9.27. The minimum absolute atomic E-state index is 0.00958. The fourth-order valence-corrected chi connectivity index (χ4v) is 3.57. The van der Waals surface area contributed by atoms with Crippen molar-refractivity contribution in [1.82, 2.24) is 15.2 Å². The Labute approximate surface area is 155 Å². The molecule has 1 aromatic heterocycles. The second kappa shape index (κ2) is 8.21. The highest BCUT2D eigenvalue weighted by Gasteiger charge is 2.34. The number of carbonyl (C=O) groups is 1. The number of nitrogens with zero attached hydrogens (tertiary/aromatic N) is 2. The molecule has 2 heterocycles. The summed E-state index contributed by atoms with van der Waals surface area (Å²) in [6, 6.07) is 14.2. The van der Waals surface area contributed by atoms with Crippen molar-refractivity contribution >= 4 is 6.03 Å². The van der Waals surface area contributed by atoms with Crippen LogP contribution in [0.25, 0.3) is 0 Å². The Morgan fingerprint density at radius 3 is 2.88 bits per heavy atom. The van der Waals surface area contributed by atoms with Crippen molar-refractivity contribution in [3.63, 3.8) is 0 Å². The number of likely N-dealkylation sites (tertiary alicyclic amines) is 1. The second-order valence-electron chi connectivity index (χ2n) is 7.05. The van der Waals surface area contributed by atoms with Gasteiger partial charge in [-0.2, -0.15) is 0 Å². The Balaban J connectivity index is 1.60. The third-order valence-corrected chi connectivity index (χ3v) is 4.99. The fourth-order valence-electron chi connectivity index (χ4n) is 3.57. The summed E-state index contributed by atoms with van der Waals surface area (Å²) in [4.78, 5) is 18.8. The summed E-state index contributed by atoms with van der Waals surface area (Å²) in [5.74, 6) is 0.592. The van der Waals surface area contributed by atoms with Crippen molar-refractivity contribution in [2.45, 2.75) is 38.6 Å². The Kier molecular flexibility index (Phi) is 5.76. The first kappa shape index (κ1) is 18.2. The molecule has 5 nitrogen and oxygen atoms in total. The largest absolute Gasteiger partial charge is 0.478 e. The molecule has 0 radical (unpaired) electrons. The van der Waals surface area contributed by atoms with E-state index in [4.69, 9.17) is 4.74 Å². The smallest absolute Gasteiger partial charge is 0.317 e. The molecule has 0 bridgehead atoms. The molecule has 1 aliphatic heterocycles. The minimum atomic E-state index is -0.0124. The van der Waals surface area contributed by atoms with Gasteiger partial charge in [0.25, 0.3) is 0 Å². The van der Waals surface area contributed by atoms with Gasteiger partial charge in [0.2, 0.25) is 5.88 Å². The van der Waals surface area contributed by atoms with Gasteiger partial charge in [-0.05, 0) is 37.0 Å². The first-order chi connectivity index (χ1) is 12.6. The van der Waals surface area contributed by atoms with Crippen LogP contribution in [0.15, 0.2) is 48.7 Å². The SMILES string of the molecule is CCOc1cc(CNC(=O)N2CCCC(C)(c3ccccc3)C2)ccn1. The summed E-state index contributed by atoms with van der Waals surface area (Å²) in [5.41, 5.74) is 2.29. The Morgan fingerprint density at radius 2 is 2.12 bits per heavy atom. The van der Waals surface area contributed by atoms with Crippen LogP contribution in [0.5, 0.6) is 5.88 Å². The van der Waals surface area contributed by atoms with Gasteiger partial charge < -0.3 is 15.0 Å². The second-order valence-corrected chi connectivity index (χ2v) is 7.05. The van der Waals surface area contributed by atoms with Gasteiger partial charge in [-0.15, -0.1) is 0 Å². The number of hydrogen-bond acceptors (Lipinski definition) is 3. The molecule has 0 spiro atoms.